The van der Waals surface area contributed by atoms with Gasteiger partial charge in [-0.05, 0) is 12.1 Å². The number of hydrogen-bond acceptors (Lipinski definition) is 5. The number of pyridine rings is 1. The lowest BCUT2D eigenvalue weighted by Gasteiger charge is -2.00. The van der Waals surface area contributed by atoms with Gasteiger partial charge in [0.2, 0.25) is 0 Å². The maximum Gasteiger partial charge on any atom is 0.298 e. The predicted octanol–water partition coefficient (Wildman–Crippen LogP) is 2.99. The summed E-state index contributed by atoms with van der Waals surface area (Å²) in [5, 5.41) is 0.329. The van der Waals surface area contributed by atoms with Crippen LogP contribution < -0.4 is 4.74 Å². The van der Waals surface area contributed by atoms with E-state index in [9.17, 15) is 4.39 Å². The number of halogens is 1. The van der Waals surface area contributed by atoms with Crippen LogP contribution in [0.15, 0.2) is 18.3 Å². The van der Waals surface area contributed by atoms with E-state index in [1.54, 1.807) is 6.07 Å². The Balaban J connectivity index is 2.18. The van der Waals surface area contributed by atoms with Gasteiger partial charge >= 0.3 is 0 Å². The molecule has 0 radical (unpaired) electrons. The Hall–Kier alpha value is -1.56. The second kappa shape index (κ2) is 4.52. The standard InChI is InChI=1S/C10H10FN3OS/c1-6(2)9-13-10(16-14-9)15-7-4-3-5-12-8(7)11/h3-6H,1-2H3. The molecule has 2 aromatic rings. The summed E-state index contributed by atoms with van der Waals surface area (Å²) in [5.74, 6) is 0.342. The van der Waals surface area contributed by atoms with Crippen LogP contribution in [0.5, 0.6) is 10.9 Å². The fraction of sp³-hybridized carbons (Fsp3) is 0.300. The van der Waals surface area contributed by atoms with Crippen molar-refractivity contribution in [3.8, 4) is 10.9 Å². The van der Waals surface area contributed by atoms with Gasteiger partial charge in [0.1, 0.15) is 5.82 Å². The van der Waals surface area contributed by atoms with E-state index in [0.29, 0.717) is 11.0 Å². The van der Waals surface area contributed by atoms with Crippen LogP contribution in [0, 0.1) is 5.95 Å². The monoisotopic (exact) mass is 239 g/mol. The molecule has 0 saturated heterocycles. The highest BCUT2D eigenvalue weighted by atomic mass is 32.1. The van der Waals surface area contributed by atoms with Crippen molar-refractivity contribution in [3.63, 3.8) is 0 Å². The SMILES string of the molecule is CC(C)c1nsc(Oc2cccnc2F)n1. The molecular weight excluding hydrogens is 229 g/mol. The van der Waals surface area contributed by atoms with Crippen molar-refractivity contribution in [3.05, 3.63) is 30.1 Å². The molecule has 6 heteroatoms. The normalized spacial score (nSPS) is 10.8. The van der Waals surface area contributed by atoms with Gasteiger partial charge in [-0.25, -0.2) is 4.98 Å². The topological polar surface area (TPSA) is 47.9 Å². The van der Waals surface area contributed by atoms with E-state index in [-0.39, 0.29) is 11.7 Å². The lowest BCUT2D eigenvalue weighted by molar-refractivity contribution is 0.425. The zero-order chi connectivity index (χ0) is 11.5. The van der Waals surface area contributed by atoms with Crippen LogP contribution in [-0.2, 0) is 0 Å². The van der Waals surface area contributed by atoms with Crippen LogP contribution in [0.3, 0.4) is 0 Å². The molecule has 0 aliphatic rings. The summed E-state index contributed by atoms with van der Waals surface area (Å²) in [6, 6.07) is 3.10. The highest BCUT2D eigenvalue weighted by molar-refractivity contribution is 7.07. The zero-order valence-electron chi connectivity index (χ0n) is 8.85. The minimum Gasteiger partial charge on any atom is -0.425 e. The molecule has 84 valence electrons. The van der Waals surface area contributed by atoms with E-state index in [1.807, 2.05) is 13.8 Å². The van der Waals surface area contributed by atoms with Crippen molar-refractivity contribution in [2.75, 3.05) is 0 Å². The largest absolute Gasteiger partial charge is 0.425 e. The first-order chi connectivity index (χ1) is 7.66. The first-order valence-electron chi connectivity index (χ1n) is 4.79. The van der Waals surface area contributed by atoms with Gasteiger partial charge in [-0.2, -0.15) is 13.7 Å². The van der Waals surface area contributed by atoms with Crippen LogP contribution in [-0.4, -0.2) is 14.3 Å². The molecule has 2 aromatic heterocycles. The quantitative estimate of drug-likeness (QED) is 0.772. The van der Waals surface area contributed by atoms with Gasteiger partial charge in [0.15, 0.2) is 5.75 Å². The van der Waals surface area contributed by atoms with E-state index in [2.05, 4.69) is 14.3 Å². The molecule has 0 fully saturated rings. The first kappa shape index (κ1) is 10.9. The summed E-state index contributed by atoms with van der Waals surface area (Å²) in [4.78, 5) is 7.62. The fourth-order valence-electron chi connectivity index (χ4n) is 1.04. The minimum atomic E-state index is -0.649. The smallest absolute Gasteiger partial charge is 0.298 e. The van der Waals surface area contributed by atoms with Gasteiger partial charge in [0, 0.05) is 23.6 Å². The van der Waals surface area contributed by atoms with Crippen molar-refractivity contribution < 1.29 is 9.13 Å². The van der Waals surface area contributed by atoms with Crippen LogP contribution in [0.1, 0.15) is 25.6 Å². The minimum absolute atomic E-state index is 0.0638. The van der Waals surface area contributed by atoms with E-state index < -0.39 is 5.95 Å². The molecule has 16 heavy (non-hydrogen) atoms. The van der Waals surface area contributed by atoms with Crippen LogP contribution in [0.25, 0.3) is 0 Å². The van der Waals surface area contributed by atoms with Gasteiger partial charge in [-0.1, -0.05) is 13.8 Å². The Kier molecular flexibility index (Phi) is 3.09. The molecule has 0 unspecified atom stereocenters. The van der Waals surface area contributed by atoms with Crippen LogP contribution >= 0.6 is 11.5 Å². The second-order valence-electron chi connectivity index (χ2n) is 3.47. The second-order valence-corrected chi connectivity index (χ2v) is 4.18. The number of rotatable bonds is 3. The number of ether oxygens (including phenoxy) is 1. The third kappa shape index (κ3) is 2.33. The van der Waals surface area contributed by atoms with Gasteiger partial charge in [0.05, 0.1) is 0 Å². The molecule has 0 aromatic carbocycles. The van der Waals surface area contributed by atoms with Gasteiger partial charge in [0.25, 0.3) is 11.1 Å². The molecule has 0 saturated carbocycles. The molecule has 0 atom stereocenters. The van der Waals surface area contributed by atoms with E-state index in [1.165, 1.54) is 12.3 Å². The summed E-state index contributed by atoms with van der Waals surface area (Å²) in [7, 11) is 0. The Morgan fingerprint density at radius 2 is 2.25 bits per heavy atom. The summed E-state index contributed by atoms with van der Waals surface area (Å²) in [6.45, 7) is 3.97. The van der Waals surface area contributed by atoms with Crippen molar-refractivity contribution in [2.45, 2.75) is 19.8 Å². The average Bonchev–Trinajstić information content (AvgIpc) is 2.70. The lowest BCUT2D eigenvalue weighted by Crippen LogP contribution is -1.92. The third-order valence-corrected chi connectivity index (χ3v) is 2.47. The third-order valence-electron chi connectivity index (χ3n) is 1.86. The summed E-state index contributed by atoms with van der Waals surface area (Å²) in [5.41, 5.74) is 0. The summed E-state index contributed by atoms with van der Waals surface area (Å²) >= 11 is 1.10. The molecule has 0 aliphatic heterocycles. The molecule has 2 heterocycles. The lowest BCUT2D eigenvalue weighted by atomic mass is 10.2. The number of aromatic nitrogens is 3. The molecule has 0 amide bonds. The summed E-state index contributed by atoms with van der Waals surface area (Å²) in [6.07, 6.45) is 1.36. The Bertz CT molecular complexity index is 486. The first-order valence-corrected chi connectivity index (χ1v) is 5.56. The molecule has 0 aliphatic carbocycles. The van der Waals surface area contributed by atoms with Gasteiger partial charge < -0.3 is 4.74 Å². The molecular formula is C10H10FN3OS. The number of nitrogens with zero attached hydrogens (tertiary/aromatic N) is 3. The maximum absolute atomic E-state index is 13.2. The number of hydrogen-bond donors (Lipinski definition) is 0. The Morgan fingerprint density at radius 3 is 2.88 bits per heavy atom. The predicted molar refractivity (Wildman–Crippen MR) is 58.3 cm³/mol. The van der Waals surface area contributed by atoms with Crippen molar-refractivity contribution in [2.24, 2.45) is 0 Å². The highest BCUT2D eigenvalue weighted by Gasteiger charge is 2.11. The zero-order valence-corrected chi connectivity index (χ0v) is 9.66. The molecule has 2 rings (SSSR count). The molecule has 4 nitrogen and oxygen atoms in total. The van der Waals surface area contributed by atoms with Gasteiger partial charge in [-0.15, -0.1) is 0 Å². The van der Waals surface area contributed by atoms with E-state index >= 15 is 0 Å². The maximum atomic E-state index is 13.2. The molecule has 0 N–H and O–H groups in total. The highest BCUT2D eigenvalue weighted by Crippen LogP contribution is 2.26. The Labute approximate surface area is 96.3 Å². The average molecular weight is 239 g/mol. The Morgan fingerprint density at radius 1 is 1.44 bits per heavy atom. The van der Waals surface area contributed by atoms with E-state index in [4.69, 9.17) is 4.74 Å². The fourth-order valence-corrected chi connectivity index (χ4v) is 1.72. The van der Waals surface area contributed by atoms with Crippen molar-refractivity contribution in [1.82, 2.24) is 14.3 Å². The van der Waals surface area contributed by atoms with Crippen molar-refractivity contribution in [1.29, 1.82) is 0 Å². The van der Waals surface area contributed by atoms with E-state index in [0.717, 1.165) is 11.5 Å². The molecule has 0 bridgehead atoms. The van der Waals surface area contributed by atoms with Crippen LogP contribution in [0.4, 0.5) is 4.39 Å². The molecule has 0 spiro atoms. The van der Waals surface area contributed by atoms with Gasteiger partial charge in [-0.3, -0.25) is 0 Å². The van der Waals surface area contributed by atoms with Crippen molar-refractivity contribution >= 4 is 11.5 Å². The van der Waals surface area contributed by atoms with Crippen LogP contribution in [0.2, 0.25) is 0 Å². The summed E-state index contributed by atoms with van der Waals surface area (Å²) < 4.78 is 22.5.